The van der Waals surface area contributed by atoms with Gasteiger partial charge in [-0.2, -0.15) is 0 Å². The highest BCUT2D eigenvalue weighted by molar-refractivity contribution is 6.35. The molecule has 0 spiro atoms. The minimum atomic E-state index is -1.31. The molecule has 1 aromatic heterocycles. The van der Waals surface area contributed by atoms with Crippen LogP contribution in [0.3, 0.4) is 0 Å². The Hall–Kier alpha value is -3.61. The van der Waals surface area contributed by atoms with Crippen molar-refractivity contribution < 1.29 is 32.6 Å². The molecule has 0 saturated carbocycles. The molecule has 0 unspecified atom stereocenters. The summed E-state index contributed by atoms with van der Waals surface area (Å²) in [6.45, 7) is 1.18. The lowest BCUT2D eigenvalue weighted by Crippen LogP contribution is -2.41. The number of carbonyl (C=O) groups is 2. The molecule has 0 radical (unpaired) electrons. The highest BCUT2D eigenvalue weighted by Crippen LogP contribution is 2.33. The number of piperidine rings is 1. The number of aliphatic carboxylic acids is 1. The molecule has 1 fully saturated rings. The van der Waals surface area contributed by atoms with E-state index in [4.69, 9.17) is 16.3 Å². The average molecular weight is 559 g/mol. The smallest absolute Gasteiger partial charge is 0.303 e. The van der Waals surface area contributed by atoms with Crippen molar-refractivity contribution in [3.05, 3.63) is 70.1 Å². The van der Waals surface area contributed by atoms with E-state index in [9.17, 15) is 27.9 Å². The van der Waals surface area contributed by atoms with Crippen LogP contribution in [-0.4, -0.2) is 53.5 Å². The number of likely N-dealkylation sites (tertiary alicyclic amines) is 1. The first-order valence-electron chi connectivity index (χ1n) is 12.4. The topological polar surface area (TPSA) is 79.7 Å². The standard InChI is InChI=1S/C29H26ClF3N2O4/c1-39-21-5-6-25-22(14-21)28(23(30)15-34-25)26(36)7-4-17-8-10-35(16-19(17)12-27(37)38)9-2-3-18-11-20(31)13-24(32)29(18)33/h5-6,11,13-15,17,19H,4,7-10,12,16H2,1H3,(H,37,38)/t17-,19-/m1/s1. The van der Waals surface area contributed by atoms with E-state index in [2.05, 4.69) is 16.8 Å². The van der Waals surface area contributed by atoms with Gasteiger partial charge in [-0.1, -0.05) is 23.4 Å². The van der Waals surface area contributed by atoms with E-state index in [1.165, 1.54) is 13.3 Å². The molecule has 2 atom stereocenters. The van der Waals surface area contributed by atoms with Crippen LogP contribution in [0.25, 0.3) is 10.9 Å². The third-order valence-corrected chi connectivity index (χ3v) is 7.27. The monoisotopic (exact) mass is 558 g/mol. The third-order valence-electron chi connectivity index (χ3n) is 6.98. The van der Waals surface area contributed by atoms with Crippen LogP contribution in [0.1, 0.15) is 41.6 Å². The molecule has 10 heteroatoms. The van der Waals surface area contributed by atoms with Gasteiger partial charge in [-0.05, 0) is 55.5 Å². The fourth-order valence-corrected chi connectivity index (χ4v) is 5.28. The van der Waals surface area contributed by atoms with E-state index in [1.54, 1.807) is 18.2 Å². The zero-order chi connectivity index (χ0) is 28.1. The molecule has 1 N–H and O–H groups in total. The minimum absolute atomic E-state index is 0.0227. The minimum Gasteiger partial charge on any atom is -0.497 e. The Morgan fingerprint density at radius 1 is 1.21 bits per heavy atom. The molecule has 1 aliphatic heterocycles. The average Bonchev–Trinajstić information content (AvgIpc) is 2.90. The number of ether oxygens (including phenoxy) is 1. The fraction of sp³-hybridized carbons (Fsp3) is 0.345. The Morgan fingerprint density at radius 2 is 2.00 bits per heavy atom. The lowest BCUT2D eigenvalue weighted by molar-refractivity contribution is -0.139. The van der Waals surface area contributed by atoms with Crippen LogP contribution in [0, 0.1) is 41.1 Å². The molecule has 0 aliphatic carbocycles. The maximum atomic E-state index is 13.9. The zero-order valence-corrected chi connectivity index (χ0v) is 21.9. The van der Waals surface area contributed by atoms with Gasteiger partial charge in [-0.25, -0.2) is 13.2 Å². The summed E-state index contributed by atoms with van der Waals surface area (Å²) in [6.07, 6.45) is 2.66. The van der Waals surface area contributed by atoms with E-state index in [0.717, 1.165) is 6.07 Å². The number of benzene rings is 2. The van der Waals surface area contributed by atoms with Crippen LogP contribution in [-0.2, 0) is 4.79 Å². The number of methoxy groups -OCH3 is 1. The molecule has 2 aromatic carbocycles. The first kappa shape index (κ1) is 28.4. The summed E-state index contributed by atoms with van der Waals surface area (Å²) in [6, 6.07) is 6.50. The molecule has 204 valence electrons. The fourth-order valence-electron chi connectivity index (χ4n) is 5.03. The third kappa shape index (κ3) is 6.88. The SMILES string of the molecule is COc1ccc2ncc(Cl)c(C(=O)CC[C@@H]3CCN(CC#Cc4cc(F)cc(F)c4F)C[C@H]3CC(=O)O)c2c1. The maximum absolute atomic E-state index is 13.9. The van der Waals surface area contributed by atoms with Gasteiger partial charge in [0, 0.05) is 42.6 Å². The molecule has 1 saturated heterocycles. The van der Waals surface area contributed by atoms with E-state index in [1.807, 2.05) is 4.90 Å². The number of nitrogens with zero attached hydrogens (tertiary/aromatic N) is 2. The molecule has 3 aromatic rings. The number of pyridine rings is 1. The largest absolute Gasteiger partial charge is 0.497 e. The molecule has 0 bridgehead atoms. The van der Waals surface area contributed by atoms with Gasteiger partial charge >= 0.3 is 5.97 Å². The van der Waals surface area contributed by atoms with Crippen LogP contribution >= 0.6 is 11.6 Å². The van der Waals surface area contributed by atoms with Crippen LogP contribution in [0.5, 0.6) is 5.75 Å². The summed E-state index contributed by atoms with van der Waals surface area (Å²) < 4.78 is 46.0. The zero-order valence-electron chi connectivity index (χ0n) is 21.1. The van der Waals surface area contributed by atoms with Crippen molar-refractivity contribution in [3.8, 4) is 17.6 Å². The second-order valence-corrected chi connectivity index (χ2v) is 9.93. The number of Topliss-reactive ketones (excluding diaryl/α,β-unsaturated/α-hetero) is 1. The number of carboxylic acid groups (broad SMARTS) is 1. The molecule has 4 rings (SSSR count). The number of aromatic nitrogens is 1. The Balaban J connectivity index is 1.43. The van der Waals surface area contributed by atoms with Crippen molar-refractivity contribution in [1.82, 2.24) is 9.88 Å². The van der Waals surface area contributed by atoms with Crippen molar-refractivity contribution in [2.75, 3.05) is 26.7 Å². The molecular formula is C29H26ClF3N2O4. The summed E-state index contributed by atoms with van der Waals surface area (Å²) >= 11 is 6.37. The summed E-state index contributed by atoms with van der Waals surface area (Å²) in [7, 11) is 1.53. The molecule has 0 amide bonds. The van der Waals surface area contributed by atoms with Crippen molar-refractivity contribution in [1.29, 1.82) is 0 Å². The quantitative estimate of drug-likeness (QED) is 0.216. The van der Waals surface area contributed by atoms with Gasteiger partial charge in [-0.15, -0.1) is 0 Å². The van der Waals surface area contributed by atoms with Gasteiger partial charge in [0.1, 0.15) is 11.6 Å². The number of rotatable bonds is 8. The maximum Gasteiger partial charge on any atom is 0.303 e. The molecule has 6 nitrogen and oxygen atoms in total. The van der Waals surface area contributed by atoms with E-state index in [-0.39, 0.29) is 47.6 Å². The highest BCUT2D eigenvalue weighted by atomic mass is 35.5. The van der Waals surface area contributed by atoms with Gasteiger partial charge in [0.15, 0.2) is 17.4 Å². The van der Waals surface area contributed by atoms with Gasteiger partial charge in [0.05, 0.1) is 29.8 Å². The summed E-state index contributed by atoms with van der Waals surface area (Å²) in [4.78, 5) is 31.1. The molecule has 39 heavy (non-hydrogen) atoms. The van der Waals surface area contributed by atoms with Crippen LogP contribution < -0.4 is 4.74 Å². The Labute approximate surface area is 228 Å². The van der Waals surface area contributed by atoms with Crippen LogP contribution in [0.15, 0.2) is 36.5 Å². The normalized spacial score (nSPS) is 17.5. The first-order valence-corrected chi connectivity index (χ1v) is 12.8. The first-order chi connectivity index (χ1) is 18.7. The number of ketones is 1. The second-order valence-electron chi connectivity index (χ2n) is 9.52. The van der Waals surface area contributed by atoms with Crippen molar-refractivity contribution in [2.24, 2.45) is 11.8 Å². The van der Waals surface area contributed by atoms with Crippen molar-refractivity contribution in [2.45, 2.75) is 25.7 Å². The second kappa shape index (κ2) is 12.5. The van der Waals surface area contributed by atoms with Gasteiger partial charge in [-0.3, -0.25) is 19.5 Å². The van der Waals surface area contributed by atoms with E-state index in [0.29, 0.717) is 54.2 Å². The number of carbonyl (C=O) groups excluding carboxylic acids is 1. The van der Waals surface area contributed by atoms with E-state index < -0.39 is 23.4 Å². The molecule has 2 heterocycles. The van der Waals surface area contributed by atoms with Gasteiger partial charge in [0.25, 0.3) is 0 Å². The predicted octanol–water partition coefficient (Wildman–Crippen LogP) is 5.74. The summed E-state index contributed by atoms with van der Waals surface area (Å²) in [5.74, 6) is 0.954. The number of halogens is 4. The van der Waals surface area contributed by atoms with Crippen LogP contribution in [0.2, 0.25) is 5.02 Å². The van der Waals surface area contributed by atoms with Crippen molar-refractivity contribution >= 4 is 34.3 Å². The highest BCUT2D eigenvalue weighted by Gasteiger charge is 2.31. The van der Waals surface area contributed by atoms with E-state index >= 15 is 0 Å². The lowest BCUT2D eigenvalue weighted by Gasteiger charge is -2.37. The van der Waals surface area contributed by atoms with Gasteiger partial charge < -0.3 is 9.84 Å². The number of hydrogen-bond acceptors (Lipinski definition) is 5. The number of fused-ring (bicyclic) bond motifs is 1. The predicted molar refractivity (Wildman–Crippen MR) is 140 cm³/mol. The molecule has 1 aliphatic rings. The Bertz CT molecular complexity index is 1470. The lowest BCUT2D eigenvalue weighted by atomic mass is 9.79. The Morgan fingerprint density at radius 3 is 2.74 bits per heavy atom. The summed E-state index contributed by atoms with van der Waals surface area (Å²) in [5.41, 5.74) is 0.606. The number of carboxylic acids is 1. The van der Waals surface area contributed by atoms with Gasteiger partial charge in [0.2, 0.25) is 0 Å². The molecular weight excluding hydrogens is 533 g/mol. The summed E-state index contributed by atoms with van der Waals surface area (Å²) in [5, 5.41) is 10.3. The van der Waals surface area contributed by atoms with Crippen LogP contribution in [0.4, 0.5) is 13.2 Å². The number of hydrogen-bond donors (Lipinski definition) is 1. The van der Waals surface area contributed by atoms with Crippen molar-refractivity contribution in [3.63, 3.8) is 0 Å². The Kier molecular flexibility index (Phi) is 9.10.